The molecule has 0 fully saturated rings. The standard InChI is InChI=1S/C6H15NOS/c1-4-7-9(8,5-2)6-3/h4-6H2,1-3H3. The Bertz CT molecular complexity index is 158. The van der Waals surface area contributed by atoms with Gasteiger partial charge in [-0.15, -0.1) is 0 Å². The van der Waals surface area contributed by atoms with Crippen molar-refractivity contribution in [3.8, 4) is 0 Å². The van der Waals surface area contributed by atoms with Gasteiger partial charge in [0.2, 0.25) is 0 Å². The summed E-state index contributed by atoms with van der Waals surface area (Å²) in [5.74, 6) is 1.38. The largest absolute Gasteiger partial charge is 0.250 e. The second-order valence-electron chi connectivity index (χ2n) is 1.80. The second-order valence-corrected chi connectivity index (χ2v) is 4.75. The van der Waals surface area contributed by atoms with Gasteiger partial charge >= 0.3 is 0 Å². The summed E-state index contributed by atoms with van der Waals surface area (Å²) >= 11 is 0. The summed E-state index contributed by atoms with van der Waals surface area (Å²) in [5.41, 5.74) is 0. The highest BCUT2D eigenvalue weighted by molar-refractivity contribution is 7.93. The third kappa shape index (κ3) is 2.84. The van der Waals surface area contributed by atoms with Crippen LogP contribution < -0.4 is 0 Å². The summed E-state index contributed by atoms with van der Waals surface area (Å²) in [4.78, 5) is 0. The molecule has 0 spiro atoms. The van der Waals surface area contributed by atoms with Crippen LogP contribution in [-0.2, 0) is 9.73 Å². The molecule has 0 heterocycles. The molecule has 0 atom stereocenters. The van der Waals surface area contributed by atoms with Crippen LogP contribution in [0.5, 0.6) is 0 Å². The average Bonchev–Trinajstić information content (AvgIpc) is 1.89. The highest BCUT2D eigenvalue weighted by Gasteiger charge is 1.98. The zero-order valence-corrected chi connectivity index (χ0v) is 7.20. The summed E-state index contributed by atoms with van der Waals surface area (Å²) in [6, 6.07) is 0. The fourth-order valence-electron chi connectivity index (χ4n) is 0.622. The van der Waals surface area contributed by atoms with E-state index < -0.39 is 9.73 Å². The van der Waals surface area contributed by atoms with Gasteiger partial charge in [-0.2, -0.15) is 0 Å². The van der Waals surface area contributed by atoms with Crippen molar-refractivity contribution < 1.29 is 4.21 Å². The predicted octanol–water partition coefficient (Wildman–Crippen LogP) is 1.51. The van der Waals surface area contributed by atoms with Crippen LogP contribution >= 0.6 is 0 Å². The fourth-order valence-corrected chi connectivity index (χ4v) is 1.87. The molecule has 0 aromatic rings. The molecule has 0 aliphatic heterocycles. The molecular formula is C6H15NOS. The summed E-state index contributed by atoms with van der Waals surface area (Å²) in [6.07, 6.45) is 0. The molecule has 0 unspecified atom stereocenters. The van der Waals surface area contributed by atoms with Crippen molar-refractivity contribution in [2.24, 2.45) is 4.36 Å². The van der Waals surface area contributed by atoms with Gasteiger partial charge in [0.15, 0.2) is 0 Å². The van der Waals surface area contributed by atoms with E-state index in [0.29, 0.717) is 18.1 Å². The first kappa shape index (κ1) is 8.95. The van der Waals surface area contributed by atoms with Crippen molar-refractivity contribution >= 4 is 9.73 Å². The van der Waals surface area contributed by atoms with Crippen LogP contribution in [-0.4, -0.2) is 22.3 Å². The molecule has 2 nitrogen and oxygen atoms in total. The maximum Gasteiger partial charge on any atom is 0.0462 e. The van der Waals surface area contributed by atoms with Crippen molar-refractivity contribution in [1.29, 1.82) is 0 Å². The Morgan fingerprint density at radius 1 is 1.22 bits per heavy atom. The predicted molar refractivity (Wildman–Crippen MR) is 42.2 cm³/mol. The Kier molecular flexibility index (Phi) is 3.86. The summed E-state index contributed by atoms with van der Waals surface area (Å²) in [5, 5.41) is 0. The molecule has 0 amide bonds. The van der Waals surface area contributed by atoms with Crippen molar-refractivity contribution in [3.63, 3.8) is 0 Å². The quantitative estimate of drug-likeness (QED) is 0.598. The third-order valence-corrected chi connectivity index (χ3v) is 3.80. The lowest BCUT2D eigenvalue weighted by Gasteiger charge is -2.00. The van der Waals surface area contributed by atoms with Gasteiger partial charge < -0.3 is 0 Å². The van der Waals surface area contributed by atoms with E-state index >= 15 is 0 Å². The molecular weight excluding hydrogens is 134 g/mol. The van der Waals surface area contributed by atoms with Gasteiger partial charge in [0.25, 0.3) is 0 Å². The number of nitrogens with zero attached hydrogens (tertiary/aromatic N) is 1. The Balaban J connectivity index is 4.28. The molecule has 0 radical (unpaired) electrons. The normalized spacial score (nSPS) is 11.4. The number of hydrogen-bond donors (Lipinski definition) is 0. The Labute approximate surface area is 57.8 Å². The summed E-state index contributed by atoms with van der Waals surface area (Å²) in [7, 11) is -1.79. The number of rotatable bonds is 3. The molecule has 0 aliphatic carbocycles. The molecule has 9 heavy (non-hydrogen) atoms. The molecule has 0 aromatic carbocycles. The Hall–Kier alpha value is -0.0500. The third-order valence-electron chi connectivity index (χ3n) is 1.27. The summed E-state index contributed by atoms with van der Waals surface area (Å²) < 4.78 is 15.4. The van der Waals surface area contributed by atoms with E-state index in [4.69, 9.17) is 0 Å². The van der Waals surface area contributed by atoms with Gasteiger partial charge in [0.1, 0.15) is 0 Å². The molecule has 0 saturated carbocycles. The molecule has 0 aromatic heterocycles. The molecule has 0 aliphatic rings. The van der Waals surface area contributed by atoms with Gasteiger partial charge in [0.05, 0.1) is 0 Å². The van der Waals surface area contributed by atoms with Crippen molar-refractivity contribution in [3.05, 3.63) is 0 Å². The Morgan fingerprint density at radius 3 is 1.78 bits per heavy atom. The van der Waals surface area contributed by atoms with E-state index in [1.165, 1.54) is 0 Å². The first-order valence-corrected chi connectivity index (χ1v) is 5.22. The van der Waals surface area contributed by atoms with Crippen molar-refractivity contribution in [2.75, 3.05) is 18.1 Å². The van der Waals surface area contributed by atoms with Gasteiger partial charge in [-0.1, -0.05) is 13.8 Å². The average molecular weight is 149 g/mol. The van der Waals surface area contributed by atoms with E-state index in [2.05, 4.69) is 4.36 Å². The minimum Gasteiger partial charge on any atom is -0.250 e. The van der Waals surface area contributed by atoms with E-state index in [9.17, 15) is 4.21 Å². The topological polar surface area (TPSA) is 29.4 Å². The van der Waals surface area contributed by atoms with E-state index in [0.717, 1.165) is 0 Å². The fraction of sp³-hybridized carbons (Fsp3) is 1.00. The minimum absolute atomic E-state index is 0.681. The molecule has 0 saturated heterocycles. The lowest BCUT2D eigenvalue weighted by molar-refractivity contribution is 0.676. The molecule has 0 N–H and O–H groups in total. The molecule has 0 bridgehead atoms. The van der Waals surface area contributed by atoms with Gasteiger partial charge in [-0.3, -0.25) is 0 Å². The van der Waals surface area contributed by atoms with Crippen LogP contribution in [0.1, 0.15) is 20.8 Å². The van der Waals surface area contributed by atoms with Crippen LogP contribution in [0.25, 0.3) is 0 Å². The highest BCUT2D eigenvalue weighted by Crippen LogP contribution is 1.94. The van der Waals surface area contributed by atoms with Crippen LogP contribution in [0, 0.1) is 0 Å². The maximum absolute atomic E-state index is 11.4. The van der Waals surface area contributed by atoms with E-state index in [-0.39, 0.29) is 0 Å². The lowest BCUT2D eigenvalue weighted by Crippen LogP contribution is -2.05. The highest BCUT2D eigenvalue weighted by atomic mass is 32.2. The number of hydrogen-bond acceptors (Lipinski definition) is 2. The zero-order chi connectivity index (χ0) is 7.33. The van der Waals surface area contributed by atoms with Crippen LogP contribution in [0.15, 0.2) is 4.36 Å². The smallest absolute Gasteiger partial charge is 0.0462 e. The van der Waals surface area contributed by atoms with Gasteiger partial charge in [-0.25, -0.2) is 8.57 Å². The first-order valence-electron chi connectivity index (χ1n) is 3.36. The van der Waals surface area contributed by atoms with E-state index in [1.54, 1.807) is 0 Å². The molecule has 0 rings (SSSR count). The SMILES string of the molecule is CCN=S(=O)(CC)CC. The molecule has 3 heteroatoms. The van der Waals surface area contributed by atoms with Gasteiger partial charge in [-0.05, 0) is 6.92 Å². The second kappa shape index (κ2) is 3.88. The molecule has 56 valence electrons. The minimum atomic E-state index is -1.79. The summed E-state index contributed by atoms with van der Waals surface area (Å²) in [6.45, 7) is 6.45. The monoisotopic (exact) mass is 149 g/mol. The lowest BCUT2D eigenvalue weighted by atomic mass is 10.8. The van der Waals surface area contributed by atoms with E-state index in [1.807, 2.05) is 20.8 Å². The van der Waals surface area contributed by atoms with Crippen molar-refractivity contribution in [2.45, 2.75) is 20.8 Å². The Morgan fingerprint density at radius 2 is 1.67 bits per heavy atom. The first-order chi connectivity index (χ1) is 4.18. The zero-order valence-electron chi connectivity index (χ0n) is 6.39. The van der Waals surface area contributed by atoms with Crippen LogP contribution in [0.4, 0.5) is 0 Å². The van der Waals surface area contributed by atoms with Crippen LogP contribution in [0.3, 0.4) is 0 Å². The van der Waals surface area contributed by atoms with Crippen LogP contribution in [0.2, 0.25) is 0 Å². The van der Waals surface area contributed by atoms with Gasteiger partial charge in [0, 0.05) is 27.8 Å². The maximum atomic E-state index is 11.4. The van der Waals surface area contributed by atoms with Crippen molar-refractivity contribution in [1.82, 2.24) is 0 Å².